The second-order valence-corrected chi connectivity index (χ2v) is 3.88. The molecule has 13 heavy (non-hydrogen) atoms. The zero-order chi connectivity index (χ0) is 9.26. The van der Waals surface area contributed by atoms with Gasteiger partial charge in [0.05, 0.1) is 6.04 Å². The summed E-state index contributed by atoms with van der Waals surface area (Å²) in [6, 6.07) is 7.39. The van der Waals surface area contributed by atoms with Gasteiger partial charge in [-0.15, -0.1) is 0 Å². The topological polar surface area (TPSA) is 44.6 Å². The third-order valence-corrected chi connectivity index (χ3v) is 2.49. The summed E-state index contributed by atoms with van der Waals surface area (Å²) in [6.45, 7) is 0. The summed E-state index contributed by atoms with van der Waals surface area (Å²) in [5.41, 5.74) is 4.03. The molecular weight excluding hydrogens is 232 g/mol. The Morgan fingerprint density at radius 3 is 3.00 bits per heavy atom. The second-order valence-electron chi connectivity index (χ2n) is 2.97. The lowest BCUT2D eigenvalue weighted by Crippen LogP contribution is -2.09. The summed E-state index contributed by atoms with van der Waals surface area (Å²) < 4.78 is 0.917. The van der Waals surface area contributed by atoms with Crippen LogP contribution in [-0.4, -0.2) is 9.73 Å². The highest BCUT2D eigenvalue weighted by Gasteiger charge is 2.18. The lowest BCUT2D eigenvalue weighted by molar-refractivity contribution is 0.472. The third-order valence-electron chi connectivity index (χ3n) is 1.99. The van der Waals surface area contributed by atoms with Crippen molar-refractivity contribution >= 4 is 20.6 Å². The van der Waals surface area contributed by atoms with Crippen LogP contribution in [0, 0.1) is 0 Å². The Morgan fingerprint density at radius 2 is 2.38 bits per heavy atom. The van der Waals surface area contributed by atoms with E-state index in [2.05, 4.69) is 26.5 Å². The molecule has 0 saturated carbocycles. The number of hydrogen-bond donors (Lipinski definition) is 2. The van der Waals surface area contributed by atoms with Crippen molar-refractivity contribution < 1.29 is 5.11 Å². The quantitative estimate of drug-likeness (QED) is 0.791. The standard InChI is InChI=1S/C9H9BrN2O/c10-9-5-8(11-12-9)6-2-1-3-7(13)4-6/h1-4,8,11,13H,5H2. The van der Waals surface area contributed by atoms with Crippen LogP contribution < -0.4 is 5.43 Å². The van der Waals surface area contributed by atoms with Crippen LogP contribution in [0.15, 0.2) is 29.4 Å². The molecule has 2 rings (SSSR count). The van der Waals surface area contributed by atoms with E-state index >= 15 is 0 Å². The molecule has 4 heteroatoms. The van der Waals surface area contributed by atoms with E-state index in [0.29, 0.717) is 5.75 Å². The van der Waals surface area contributed by atoms with Gasteiger partial charge in [-0.2, -0.15) is 5.10 Å². The molecule has 0 aliphatic carbocycles. The van der Waals surface area contributed by atoms with Crippen molar-refractivity contribution in [2.24, 2.45) is 5.10 Å². The number of aromatic hydroxyl groups is 1. The van der Waals surface area contributed by atoms with Gasteiger partial charge in [-0.1, -0.05) is 12.1 Å². The fourth-order valence-corrected chi connectivity index (χ4v) is 1.77. The van der Waals surface area contributed by atoms with Gasteiger partial charge < -0.3 is 10.5 Å². The Morgan fingerprint density at radius 1 is 1.54 bits per heavy atom. The number of hydrazone groups is 1. The zero-order valence-corrected chi connectivity index (χ0v) is 8.45. The van der Waals surface area contributed by atoms with Crippen LogP contribution >= 0.6 is 15.9 Å². The number of hydrogen-bond acceptors (Lipinski definition) is 3. The van der Waals surface area contributed by atoms with E-state index in [-0.39, 0.29) is 6.04 Å². The molecule has 68 valence electrons. The Labute approximate surface area is 84.6 Å². The van der Waals surface area contributed by atoms with Crippen molar-refractivity contribution in [2.45, 2.75) is 12.5 Å². The molecule has 0 fully saturated rings. The predicted molar refractivity (Wildman–Crippen MR) is 55.0 cm³/mol. The van der Waals surface area contributed by atoms with Crippen LogP contribution in [-0.2, 0) is 0 Å². The number of nitrogens with one attached hydrogen (secondary N) is 1. The van der Waals surface area contributed by atoms with Crippen LogP contribution in [0.2, 0.25) is 0 Å². The summed E-state index contributed by atoms with van der Waals surface area (Å²) in [6.07, 6.45) is 0.837. The Bertz CT molecular complexity index is 351. The maximum atomic E-state index is 9.26. The fourth-order valence-electron chi connectivity index (χ4n) is 1.34. The van der Waals surface area contributed by atoms with Crippen LogP contribution in [0.1, 0.15) is 18.0 Å². The van der Waals surface area contributed by atoms with Gasteiger partial charge in [0.15, 0.2) is 0 Å². The molecule has 1 aromatic rings. The van der Waals surface area contributed by atoms with E-state index in [1.165, 1.54) is 0 Å². The van der Waals surface area contributed by atoms with Gasteiger partial charge >= 0.3 is 0 Å². The van der Waals surface area contributed by atoms with Gasteiger partial charge in [-0.05, 0) is 33.6 Å². The van der Waals surface area contributed by atoms with Crippen LogP contribution in [0.5, 0.6) is 5.75 Å². The minimum Gasteiger partial charge on any atom is -0.508 e. The number of benzene rings is 1. The van der Waals surface area contributed by atoms with Crippen molar-refractivity contribution in [3.8, 4) is 5.75 Å². The van der Waals surface area contributed by atoms with Crippen LogP contribution in [0.25, 0.3) is 0 Å². The first-order valence-electron chi connectivity index (χ1n) is 4.02. The van der Waals surface area contributed by atoms with E-state index < -0.39 is 0 Å². The molecular formula is C9H9BrN2O. The van der Waals surface area contributed by atoms with Crippen LogP contribution in [0.3, 0.4) is 0 Å². The first kappa shape index (κ1) is 8.56. The molecule has 0 aromatic heterocycles. The zero-order valence-electron chi connectivity index (χ0n) is 6.87. The molecule has 1 aromatic carbocycles. The van der Waals surface area contributed by atoms with E-state index in [9.17, 15) is 5.11 Å². The number of phenols is 1. The van der Waals surface area contributed by atoms with Crippen molar-refractivity contribution in [2.75, 3.05) is 0 Å². The molecule has 1 aliphatic rings. The summed E-state index contributed by atoms with van der Waals surface area (Å²) >= 11 is 3.32. The van der Waals surface area contributed by atoms with Crippen molar-refractivity contribution in [1.29, 1.82) is 0 Å². The first-order valence-corrected chi connectivity index (χ1v) is 4.81. The van der Waals surface area contributed by atoms with Crippen molar-refractivity contribution in [1.82, 2.24) is 5.43 Å². The number of nitrogens with zero attached hydrogens (tertiary/aromatic N) is 1. The number of rotatable bonds is 1. The molecule has 0 amide bonds. The number of halogens is 1. The smallest absolute Gasteiger partial charge is 0.115 e. The predicted octanol–water partition coefficient (Wildman–Crippen LogP) is 2.13. The van der Waals surface area contributed by atoms with Gasteiger partial charge in [0, 0.05) is 6.42 Å². The molecule has 2 N–H and O–H groups in total. The van der Waals surface area contributed by atoms with Crippen molar-refractivity contribution in [3.63, 3.8) is 0 Å². The molecule has 0 spiro atoms. The second kappa shape index (κ2) is 3.38. The maximum Gasteiger partial charge on any atom is 0.115 e. The molecule has 0 saturated heterocycles. The maximum absolute atomic E-state index is 9.26. The normalized spacial score (nSPS) is 21.0. The van der Waals surface area contributed by atoms with Crippen LogP contribution in [0.4, 0.5) is 0 Å². The van der Waals surface area contributed by atoms with Gasteiger partial charge in [-0.3, -0.25) is 0 Å². The van der Waals surface area contributed by atoms with E-state index in [4.69, 9.17) is 0 Å². The van der Waals surface area contributed by atoms with Gasteiger partial charge in [0.1, 0.15) is 10.4 Å². The molecule has 1 atom stereocenters. The van der Waals surface area contributed by atoms with Gasteiger partial charge in [0.2, 0.25) is 0 Å². The Kier molecular flexibility index (Phi) is 2.22. The highest BCUT2D eigenvalue weighted by molar-refractivity contribution is 9.18. The average molecular weight is 241 g/mol. The SMILES string of the molecule is Oc1cccc(C2CC(Br)=NN2)c1. The molecule has 0 radical (unpaired) electrons. The monoisotopic (exact) mass is 240 g/mol. The fraction of sp³-hybridized carbons (Fsp3) is 0.222. The molecule has 1 heterocycles. The van der Waals surface area contributed by atoms with E-state index in [0.717, 1.165) is 16.6 Å². The highest BCUT2D eigenvalue weighted by atomic mass is 79.9. The Hall–Kier alpha value is -1.03. The molecule has 0 bridgehead atoms. The summed E-state index contributed by atoms with van der Waals surface area (Å²) in [7, 11) is 0. The largest absolute Gasteiger partial charge is 0.508 e. The highest BCUT2D eigenvalue weighted by Crippen LogP contribution is 2.25. The van der Waals surface area contributed by atoms with E-state index in [1.54, 1.807) is 12.1 Å². The van der Waals surface area contributed by atoms with Gasteiger partial charge in [0.25, 0.3) is 0 Å². The lowest BCUT2D eigenvalue weighted by Gasteiger charge is -2.09. The molecule has 3 nitrogen and oxygen atoms in total. The summed E-state index contributed by atoms with van der Waals surface area (Å²) in [4.78, 5) is 0. The lowest BCUT2D eigenvalue weighted by atomic mass is 10.1. The minimum atomic E-state index is 0.182. The Balaban J connectivity index is 2.18. The minimum absolute atomic E-state index is 0.182. The molecule has 1 aliphatic heterocycles. The average Bonchev–Trinajstić information content (AvgIpc) is 2.52. The molecule has 1 unspecified atom stereocenters. The third kappa shape index (κ3) is 1.83. The summed E-state index contributed by atoms with van der Waals surface area (Å²) in [5, 5.41) is 13.3. The summed E-state index contributed by atoms with van der Waals surface area (Å²) in [5.74, 6) is 0.294. The first-order chi connectivity index (χ1) is 6.25. The van der Waals surface area contributed by atoms with Crippen molar-refractivity contribution in [3.05, 3.63) is 29.8 Å². The van der Waals surface area contributed by atoms with E-state index in [1.807, 2.05) is 12.1 Å². The number of phenolic OH excluding ortho intramolecular Hbond substituents is 1. The van der Waals surface area contributed by atoms with Gasteiger partial charge in [-0.25, -0.2) is 0 Å².